The zero-order valence-electron chi connectivity index (χ0n) is 8.14. The highest BCUT2D eigenvalue weighted by Crippen LogP contribution is 2.20. The third-order valence-corrected chi connectivity index (χ3v) is 2.98. The van der Waals surface area contributed by atoms with Gasteiger partial charge >= 0.3 is 5.69 Å². The summed E-state index contributed by atoms with van der Waals surface area (Å²) in [6.07, 6.45) is 0. The monoisotopic (exact) mass is 249 g/mol. The molecule has 4 nitrogen and oxygen atoms in total. The molecule has 1 N–H and O–H groups in total. The molecule has 80 valence electrons. The van der Waals surface area contributed by atoms with Crippen molar-refractivity contribution in [2.45, 2.75) is 6.54 Å². The number of hydrogen-bond donors (Lipinski definition) is 1. The molecule has 2 aromatic rings. The van der Waals surface area contributed by atoms with Crippen LogP contribution in [0.25, 0.3) is 11.3 Å². The van der Waals surface area contributed by atoms with Crippen molar-refractivity contribution >= 4 is 23.6 Å². The van der Waals surface area contributed by atoms with Crippen LogP contribution in [0, 0.1) is 16.0 Å². The Hall–Kier alpha value is -1.71. The van der Waals surface area contributed by atoms with Gasteiger partial charge in [0, 0.05) is 10.9 Å². The van der Waals surface area contributed by atoms with Crippen LogP contribution in [0.15, 0.2) is 27.7 Å². The number of nitrogens with one attached hydrogen (secondary N) is 1. The number of thiophene rings is 1. The van der Waals surface area contributed by atoms with Crippen molar-refractivity contribution in [3.63, 3.8) is 0 Å². The molecule has 0 aliphatic rings. The first-order valence-corrected chi connectivity index (χ1v) is 5.81. The third kappa shape index (κ3) is 1.96. The quantitative estimate of drug-likeness (QED) is 0.830. The second-order valence-corrected chi connectivity index (χ2v) is 4.30. The summed E-state index contributed by atoms with van der Waals surface area (Å²) < 4.78 is 1.75. The van der Waals surface area contributed by atoms with Crippen molar-refractivity contribution < 1.29 is 0 Å². The van der Waals surface area contributed by atoms with Crippen molar-refractivity contribution in [2.24, 2.45) is 0 Å². The summed E-state index contributed by atoms with van der Waals surface area (Å²) in [5.41, 5.74) is 1.23. The summed E-state index contributed by atoms with van der Waals surface area (Å²) in [6.45, 7) is 0.0100. The first kappa shape index (κ1) is 10.8. The minimum absolute atomic E-state index is 0.0100. The lowest BCUT2D eigenvalue weighted by Crippen LogP contribution is -2.24. The standard InChI is InChI=1S/C10H7N3OS2/c11-2-3-13-8(7-1-4-16-6-7)5-9(15)12-10(13)14/h1,4-6H,3H2,(H,12,14,15). The van der Waals surface area contributed by atoms with Gasteiger partial charge in [-0.3, -0.25) is 9.55 Å². The van der Waals surface area contributed by atoms with Crippen molar-refractivity contribution in [2.75, 3.05) is 0 Å². The van der Waals surface area contributed by atoms with Gasteiger partial charge in [0.05, 0.1) is 11.8 Å². The molecule has 0 unspecified atom stereocenters. The Morgan fingerprint density at radius 1 is 1.62 bits per heavy atom. The largest absolute Gasteiger partial charge is 0.327 e. The van der Waals surface area contributed by atoms with E-state index in [1.54, 1.807) is 6.07 Å². The number of aromatic nitrogens is 2. The summed E-state index contributed by atoms with van der Waals surface area (Å²) in [4.78, 5) is 14.1. The van der Waals surface area contributed by atoms with Crippen LogP contribution in [0.5, 0.6) is 0 Å². The molecule has 0 fully saturated rings. The molecule has 2 aromatic heterocycles. The molecule has 0 aliphatic heterocycles. The molecule has 0 radical (unpaired) electrons. The smallest absolute Gasteiger partial charge is 0.298 e. The molecule has 16 heavy (non-hydrogen) atoms. The second-order valence-electron chi connectivity index (χ2n) is 3.08. The highest BCUT2D eigenvalue weighted by molar-refractivity contribution is 7.71. The molecule has 0 atom stereocenters. The van der Waals surface area contributed by atoms with Crippen LogP contribution < -0.4 is 5.69 Å². The molecule has 2 heterocycles. The lowest BCUT2D eigenvalue weighted by Gasteiger charge is -2.07. The van der Waals surface area contributed by atoms with E-state index in [0.717, 1.165) is 5.56 Å². The maximum Gasteiger partial charge on any atom is 0.327 e. The van der Waals surface area contributed by atoms with Crippen molar-refractivity contribution in [3.05, 3.63) is 38.0 Å². The van der Waals surface area contributed by atoms with E-state index in [4.69, 9.17) is 17.5 Å². The van der Waals surface area contributed by atoms with Gasteiger partial charge in [0.25, 0.3) is 0 Å². The van der Waals surface area contributed by atoms with Crippen molar-refractivity contribution in [1.82, 2.24) is 9.55 Å². The molecular weight excluding hydrogens is 242 g/mol. The topological polar surface area (TPSA) is 61.6 Å². The van der Waals surface area contributed by atoms with E-state index in [0.29, 0.717) is 10.3 Å². The molecule has 0 aliphatic carbocycles. The molecule has 0 spiro atoms. The van der Waals surface area contributed by atoms with E-state index < -0.39 is 0 Å². The Kier molecular flexibility index (Phi) is 2.99. The molecule has 0 saturated heterocycles. The van der Waals surface area contributed by atoms with Gasteiger partial charge in [-0.25, -0.2) is 4.79 Å². The van der Waals surface area contributed by atoms with Crippen LogP contribution in [-0.2, 0) is 6.54 Å². The predicted molar refractivity (Wildman–Crippen MR) is 64.8 cm³/mol. The maximum absolute atomic E-state index is 11.6. The van der Waals surface area contributed by atoms with Gasteiger partial charge in [0.1, 0.15) is 11.2 Å². The highest BCUT2D eigenvalue weighted by Gasteiger charge is 2.06. The number of H-pyrrole nitrogens is 1. The first-order valence-electron chi connectivity index (χ1n) is 4.46. The number of rotatable bonds is 2. The van der Waals surface area contributed by atoms with Crippen LogP contribution in [0.1, 0.15) is 0 Å². The SMILES string of the molecule is N#CCn1c(-c2ccsc2)cc(=S)[nH]c1=O. The zero-order chi connectivity index (χ0) is 11.5. The van der Waals surface area contributed by atoms with Gasteiger partial charge in [0.15, 0.2) is 0 Å². The minimum Gasteiger partial charge on any atom is -0.298 e. The van der Waals surface area contributed by atoms with Crippen LogP contribution in [0.2, 0.25) is 0 Å². The van der Waals surface area contributed by atoms with Gasteiger partial charge < -0.3 is 0 Å². The molecule has 0 bridgehead atoms. The fourth-order valence-corrected chi connectivity index (χ4v) is 2.25. The van der Waals surface area contributed by atoms with E-state index >= 15 is 0 Å². The Balaban J connectivity index is 2.73. The molecule has 0 saturated carbocycles. The van der Waals surface area contributed by atoms with E-state index in [1.807, 2.05) is 22.9 Å². The summed E-state index contributed by atoms with van der Waals surface area (Å²) in [7, 11) is 0. The number of nitriles is 1. The average molecular weight is 249 g/mol. The molecule has 2 rings (SSSR count). The zero-order valence-corrected chi connectivity index (χ0v) is 9.77. The van der Waals surface area contributed by atoms with Gasteiger partial charge in [-0.1, -0.05) is 12.2 Å². The lowest BCUT2D eigenvalue weighted by molar-refractivity contribution is 0.758. The van der Waals surface area contributed by atoms with Crippen LogP contribution in [0.3, 0.4) is 0 Å². The normalized spacial score (nSPS) is 9.94. The number of aromatic amines is 1. The fourth-order valence-electron chi connectivity index (χ4n) is 1.40. The van der Waals surface area contributed by atoms with Crippen LogP contribution in [0.4, 0.5) is 0 Å². The highest BCUT2D eigenvalue weighted by atomic mass is 32.1. The summed E-state index contributed by atoms with van der Waals surface area (Å²) in [5, 5.41) is 12.5. The lowest BCUT2D eigenvalue weighted by atomic mass is 10.2. The first-order chi connectivity index (χ1) is 7.72. The van der Waals surface area contributed by atoms with E-state index in [-0.39, 0.29) is 12.2 Å². The Morgan fingerprint density at radius 2 is 2.44 bits per heavy atom. The van der Waals surface area contributed by atoms with Gasteiger partial charge in [-0.2, -0.15) is 16.6 Å². The number of hydrogen-bond acceptors (Lipinski definition) is 4. The predicted octanol–water partition coefficient (Wildman–Crippen LogP) is 2.16. The van der Waals surface area contributed by atoms with Gasteiger partial charge in [-0.15, -0.1) is 0 Å². The summed E-state index contributed by atoms with van der Waals surface area (Å²) in [6, 6.07) is 5.54. The molecule has 6 heteroatoms. The Labute approximate surface area is 100 Å². The van der Waals surface area contributed by atoms with Crippen LogP contribution in [-0.4, -0.2) is 9.55 Å². The van der Waals surface area contributed by atoms with Crippen molar-refractivity contribution in [1.29, 1.82) is 5.26 Å². The third-order valence-electron chi connectivity index (χ3n) is 2.08. The summed E-state index contributed by atoms with van der Waals surface area (Å²) >= 11 is 6.49. The minimum atomic E-state index is -0.352. The average Bonchev–Trinajstić information content (AvgIpc) is 2.75. The second kappa shape index (κ2) is 4.43. The van der Waals surface area contributed by atoms with E-state index in [1.165, 1.54) is 15.9 Å². The Morgan fingerprint density at radius 3 is 3.06 bits per heavy atom. The Bertz CT molecular complexity index is 646. The van der Waals surface area contributed by atoms with Crippen LogP contribution >= 0.6 is 23.6 Å². The summed E-state index contributed by atoms with van der Waals surface area (Å²) in [5.74, 6) is 0. The van der Waals surface area contributed by atoms with Gasteiger partial charge in [0.2, 0.25) is 0 Å². The maximum atomic E-state index is 11.6. The molecule has 0 amide bonds. The van der Waals surface area contributed by atoms with Crippen molar-refractivity contribution in [3.8, 4) is 17.3 Å². The molecule has 0 aromatic carbocycles. The fraction of sp³-hybridized carbons (Fsp3) is 0.100. The molecular formula is C10H7N3OS2. The van der Waals surface area contributed by atoms with Gasteiger partial charge in [-0.05, 0) is 17.5 Å². The van der Waals surface area contributed by atoms with E-state index in [2.05, 4.69) is 4.98 Å². The van der Waals surface area contributed by atoms with E-state index in [9.17, 15) is 4.79 Å². The number of nitrogens with zero attached hydrogens (tertiary/aromatic N) is 2.